The number of benzene rings is 1. The molecule has 7 heteroatoms. The molecule has 0 aliphatic heterocycles. The minimum Gasteiger partial charge on any atom is -0.483 e. The Morgan fingerprint density at radius 3 is 2.57 bits per heavy atom. The predicted octanol–water partition coefficient (Wildman–Crippen LogP) is 1.97. The number of carbonyl (C=O) groups is 1. The summed E-state index contributed by atoms with van der Waals surface area (Å²) in [5, 5.41) is 11.7. The number of rotatable bonds is 6. The fraction of sp³-hybridized carbons (Fsp3) is 0.500. The summed E-state index contributed by atoms with van der Waals surface area (Å²) in [7, 11) is 0. The summed E-state index contributed by atoms with van der Waals surface area (Å²) in [5.74, 6) is -0.879. The van der Waals surface area contributed by atoms with Gasteiger partial charge in [-0.25, -0.2) is 0 Å². The maximum Gasteiger partial charge on any atom is 0.419 e. The fourth-order valence-corrected chi connectivity index (χ4v) is 1.87. The van der Waals surface area contributed by atoms with Crippen LogP contribution in [0.4, 0.5) is 13.2 Å². The van der Waals surface area contributed by atoms with Crippen LogP contribution in [0.25, 0.3) is 0 Å². The molecule has 1 saturated carbocycles. The zero-order chi connectivity index (χ0) is 15.5. The van der Waals surface area contributed by atoms with Crippen LogP contribution >= 0.6 is 0 Å². The van der Waals surface area contributed by atoms with E-state index in [1.807, 2.05) is 0 Å². The van der Waals surface area contributed by atoms with Gasteiger partial charge in [-0.05, 0) is 25.0 Å². The number of halogens is 3. The van der Waals surface area contributed by atoms with Crippen LogP contribution in [0.5, 0.6) is 5.75 Å². The highest BCUT2D eigenvalue weighted by atomic mass is 19.4. The highest BCUT2D eigenvalue weighted by Gasteiger charge is 2.42. The maximum absolute atomic E-state index is 12.7. The van der Waals surface area contributed by atoms with E-state index in [1.165, 1.54) is 18.2 Å². The largest absolute Gasteiger partial charge is 0.483 e. The minimum absolute atomic E-state index is 0.00888. The SMILES string of the molecule is O=C(COc1ccccc1C(F)(F)F)NCC1(CO)CC1. The quantitative estimate of drug-likeness (QED) is 0.845. The second kappa shape index (κ2) is 5.93. The Hall–Kier alpha value is -1.76. The lowest BCUT2D eigenvalue weighted by Crippen LogP contribution is -2.35. The molecule has 0 bridgehead atoms. The van der Waals surface area contributed by atoms with Crippen LogP contribution in [0.15, 0.2) is 24.3 Å². The average molecular weight is 303 g/mol. The van der Waals surface area contributed by atoms with Gasteiger partial charge in [-0.3, -0.25) is 4.79 Å². The Bertz CT molecular complexity index is 512. The average Bonchev–Trinajstić information content (AvgIpc) is 3.23. The van der Waals surface area contributed by atoms with Crippen LogP contribution in [0.3, 0.4) is 0 Å². The molecule has 1 amide bonds. The first-order valence-corrected chi connectivity index (χ1v) is 6.53. The zero-order valence-corrected chi connectivity index (χ0v) is 11.2. The molecule has 0 unspecified atom stereocenters. The van der Waals surface area contributed by atoms with Gasteiger partial charge < -0.3 is 15.2 Å². The van der Waals surface area contributed by atoms with Gasteiger partial charge in [0.1, 0.15) is 5.75 Å². The van der Waals surface area contributed by atoms with Crippen molar-refractivity contribution in [3.63, 3.8) is 0 Å². The first-order chi connectivity index (χ1) is 9.86. The lowest BCUT2D eigenvalue weighted by Gasteiger charge is -2.15. The van der Waals surface area contributed by atoms with Crippen LogP contribution in [-0.2, 0) is 11.0 Å². The number of carbonyl (C=O) groups excluding carboxylic acids is 1. The number of amides is 1. The van der Waals surface area contributed by atoms with Gasteiger partial charge >= 0.3 is 6.18 Å². The van der Waals surface area contributed by atoms with E-state index in [4.69, 9.17) is 9.84 Å². The monoisotopic (exact) mass is 303 g/mol. The van der Waals surface area contributed by atoms with E-state index >= 15 is 0 Å². The third-order valence-electron chi connectivity index (χ3n) is 3.50. The van der Waals surface area contributed by atoms with Crippen molar-refractivity contribution in [1.29, 1.82) is 0 Å². The summed E-state index contributed by atoms with van der Waals surface area (Å²) in [6.07, 6.45) is -2.86. The van der Waals surface area contributed by atoms with Crippen molar-refractivity contribution in [2.75, 3.05) is 19.8 Å². The summed E-state index contributed by atoms with van der Waals surface area (Å²) in [6, 6.07) is 4.74. The molecule has 116 valence electrons. The molecule has 1 aliphatic rings. The zero-order valence-electron chi connectivity index (χ0n) is 11.2. The normalized spacial score (nSPS) is 16.4. The second-order valence-electron chi connectivity index (χ2n) is 5.22. The molecule has 0 radical (unpaired) electrons. The van der Waals surface area contributed by atoms with Gasteiger partial charge in [0, 0.05) is 12.0 Å². The molecule has 1 aromatic rings. The van der Waals surface area contributed by atoms with Gasteiger partial charge in [-0.2, -0.15) is 13.2 Å². The Kier molecular flexibility index (Phi) is 4.41. The molecule has 1 aliphatic carbocycles. The van der Waals surface area contributed by atoms with Crippen molar-refractivity contribution in [2.24, 2.45) is 5.41 Å². The van der Waals surface area contributed by atoms with E-state index < -0.39 is 24.3 Å². The molecule has 4 nitrogen and oxygen atoms in total. The third kappa shape index (κ3) is 4.10. The number of ether oxygens (including phenoxy) is 1. The van der Waals surface area contributed by atoms with E-state index in [1.54, 1.807) is 0 Å². The number of hydrogen-bond acceptors (Lipinski definition) is 3. The topological polar surface area (TPSA) is 58.6 Å². The standard InChI is InChI=1S/C14H16F3NO3/c15-14(16,17)10-3-1-2-4-11(10)21-7-12(20)18-8-13(9-19)5-6-13/h1-4,19H,5-9H2,(H,18,20). The number of alkyl halides is 3. The third-order valence-corrected chi connectivity index (χ3v) is 3.50. The number of aliphatic hydroxyl groups is 1. The summed E-state index contributed by atoms with van der Waals surface area (Å²) >= 11 is 0. The van der Waals surface area contributed by atoms with E-state index in [2.05, 4.69) is 5.32 Å². The van der Waals surface area contributed by atoms with Gasteiger partial charge in [-0.1, -0.05) is 12.1 Å². The van der Waals surface area contributed by atoms with Crippen molar-refractivity contribution in [1.82, 2.24) is 5.32 Å². The lowest BCUT2D eigenvalue weighted by molar-refractivity contribution is -0.139. The van der Waals surface area contributed by atoms with Crippen LogP contribution < -0.4 is 10.1 Å². The van der Waals surface area contributed by atoms with E-state index in [9.17, 15) is 18.0 Å². The Labute approximate surface area is 119 Å². The molecule has 1 aromatic carbocycles. The molecule has 1 fully saturated rings. The molecule has 0 aromatic heterocycles. The van der Waals surface area contributed by atoms with Crippen LogP contribution in [0.1, 0.15) is 18.4 Å². The summed E-state index contributed by atoms with van der Waals surface area (Å²) < 4.78 is 43.1. The van der Waals surface area contributed by atoms with Gasteiger partial charge in [0.2, 0.25) is 0 Å². The van der Waals surface area contributed by atoms with Gasteiger partial charge in [0.25, 0.3) is 5.91 Å². The number of nitrogens with one attached hydrogen (secondary N) is 1. The smallest absolute Gasteiger partial charge is 0.419 e. The molecule has 21 heavy (non-hydrogen) atoms. The minimum atomic E-state index is -4.53. The molecule has 2 rings (SSSR count). The summed E-state index contributed by atoms with van der Waals surface area (Å²) in [6.45, 7) is -0.188. The first-order valence-electron chi connectivity index (χ1n) is 6.53. The predicted molar refractivity (Wildman–Crippen MR) is 68.7 cm³/mol. The summed E-state index contributed by atoms with van der Waals surface area (Å²) in [5.41, 5.74) is -1.16. The molecular weight excluding hydrogens is 287 g/mol. The molecular formula is C14H16F3NO3. The number of hydrogen-bond donors (Lipinski definition) is 2. The van der Waals surface area contributed by atoms with Crippen LogP contribution in [0, 0.1) is 5.41 Å². The highest BCUT2D eigenvalue weighted by molar-refractivity contribution is 5.77. The van der Waals surface area contributed by atoms with Crippen molar-refractivity contribution in [3.05, 3.63) is 29.8 Å². The van der Waals surface area contributed by atoms with Crippen molar-refractivity contribution in [2.45, 2.75) is 19.0 Å². The van der Waals surface area contributed by atoms with Gasteiger partial charge in [-0.15, -0.1) is 0 Å². The van der Waals surface area contributed by atoms with E-state index in [-0.39, 0.29) is 17.8 Å². The molecule has 0 spiro atoms. The summed E-state index contributed by atoms with van der Waals surface area (Å²) in [4.78, 5) is 11.6. The van der Waals surface area contributed by atoms with Gasteiger partial charge in [0.15, 0.2) is 6.61 Å². The Morgan fingerprint density at radius 1 is 1.33 bits per heavy atom. The van der Waals surface area contributed by atoms with E-state index in [0.29, 0.717) is 6.54 Å². The van der Waals surface area contributed by atoms with E-state index in [0.717, 1.165) is 18.9 Å². The molecule has 0 heterocycles. The van der Waals surface area contributed by atoms with Crippen LogP contribution in [-0.4, -0.2) is 30.8 Å². The Balaban J connectivity index is 1.87. The van der Waals surface area contributed by atoms with Crippen molar-refractivity contribution >= 4 is 5.91 Å². The molecule has 0 saturated heterocycles. The highest BCUT2D eigenvalue weighted by Crippen LogP contribution is 2.44. The Morgan fingerprint density at radius 2 is 2.00 bits per heavy atom. The first kappa shape index (κ1) is 15.6. The second-order valence-corrected chi connectivity index (χ2v) is 5.22. The molecule has 2 N–H and O–H groups in total. The van der Waals surface area contributed by atoms with Crippen LogP contribution in [0.2, 0.25) is 0 Å². The van der Waals surface area contributed by atoms with Gasteiger partial charge in [0.05, 0.1) is 12.2 Å². The fourth-order valence-electron chi connectivity index (χ4n) is 1.87. The van der Waals surface area contributed by atoms with Crippen molar-refractivity contribution < 1.29 is 27.8 Å². The lowest BCUT2D eigenvalue weighted by atomic mass is 10.1. The van der Waals surface area contributed by atoms with Crippen molar-refractivity contribution in [3.8, 4) is 5.75 Å². The number of aliphatic hydroxyl groups excluding tert-OH is 1. The molecule has 0 atom stereocenters. The maximum atomic E-state index is 12.7. The number of para-hydroxylation sites is 1.